The number of amides is 4. The summed E-state index contributed by atoms with van der Waals surface area (Å²) in [6.07, 6.45) is 0.378. The van der Waals surface area contributed by atoms with E-state index in [4.69, 9.17) is 0 Å². The Morgan fingerprint density at radius 1 is 1.16 bits per heavy atom. The van der Waals surface area contributed by atoms with Crippen LogP contribution in [0.1, 0.15) is 39.9 Å². The van der Waals surface area contributed by atoms with E-state index in [9.17, 15) is 33.1 Å². The van der Waals surface area contributed by atoms with Crippen molar-refractivity contribution in [3.05, 3.63) is 64.7 Å². The molecule has 10 heteroatoms. The number of nitrogens with one attached hydrogen (secondary N) is 2. The van der Waals surface area contributed by atoms with Crippen molar-refractivity contribution in [1.29, 1.82) is 0 Å². The number of piperidine rings is 1. The van der Waals surface area contributed by atoms with Crippen LogP contribution in [0.5, 0.6) is 5.75 Å². The molecule has 1 unspecified atom stereocenters. The molecule has 166 valence electrons. The third kappa shape index (κ3) is 3.91. The monoisotopic (exact) mass is 443 g/mol. The summed E-state index contributed by atoms with van der Waals surface area (Å²) in [6.45, 7) is -0.0434. The largest absolute Gasteiger partial charge is 0.508 e. The number of aromatic hydroxyl groups is 1. The average molecular weight is 443 g/mol. The Labute approximate surface area is 181 Å². The fraction of sp³-hybridized carbons (Fsp3) is 0.273. The van der Waals surface area contributed by atoms with Crippen LogP contribution >= 0.6 is 0 Å². The number of phenols is 1. The minimum Gasteiger partial charge on any atom is -0.508 e. The van der Waals surface area contributed by atoms with Crippen molar-refractivity contribution in [2.75, 3.05) is 0 Å². The van der Waals surface area contributed by atoms with E-state index in [1.54, 1.807) is 12.1 Å². The number of carbonyl (C=O) groups is 4. The van der Waals surface area contributed by atoms with Gasteiger partial charge in [-0.3, -0.25) is 24.5 Å². The first kappa shape index (κ1) is 21.4. The highest BCUT2D eigenvalue weighted by molar-refractivity contribution is 6.05. The van der Waals surface area contributed by atoms with E-state index in [0.717, 1.165) is 24.3 Å². The van der Waals surface area contributed by atoms with Gasteiger partial charge in [-0.25, -0.2) is 0 Å². The van der Waals surface area contributed by atoms with E-state index >= 15 is 0 Å². The maximum absolute atomic E-state index is 14.4. The first-order valence-electron chi connectivity index (χ1n) is 9.89. The van der Waals surface area contributed by atoms with Crippen LogP contribution in [0.4, 0.5) is 8.78 Å². The Morgan fingerprint density at radius 3 is 2.56 bits per heavy atom. The fourth-order valence-corrected chi connectivity index (χ4v) is 3.83. The van der Waals surface area contributed by atoms with Crippen molar-refractivity contribution in [3.8, 4) is 5.75 Å². The smallest absolute Gasteiger partial charge is 0.349 e. The second kappa shape index (κ2) is 8.03. The topological polar surface area (TPSA) is 116 Å². The van der Waals surface area contributed by atoms with Crippen molar-refractivity contribution in [1.82, 2.24) is 15.5 Å². The molecule has 2 aromatic rings. The van der Waals surface area contributed by atoms with Gasteiger partial charge in [0.05, 0.1) is 0 Å². The van der Waals surface area contributed by atoms with Gasteiger partial charge in [0, 0.05) is 30.6 Å². The van der Waals surface area contributed by atoms with E-state index < -0.39 is 29.3 Å². The SMILES string of the molecule is O=C1CCC(N2Cc3cc(CNC(=O)C(F)(F)c4ccc(O)cc4)ccc3C2=O)C(=O)N1. The number of alkyl halides is 2. The predicted molar refractivity (Wildman–Crippen MR) is 106 cm³/mol. The Hall–Kier alpha value is -3.82. The van der Waals surface area contributed by atoms with E-state index in [1.807, 2.05) is 0 Å². The lowest BCUT2D eigenvalue weighted by Gasteiger charge is -2.29. The van der Waals surface area contributed by atoms with Gasteiger partial charge >= 0.3 is 5.92 Å². The molecule has 32 heavy (non-hydrogen) atoms. The number of imide groups is 1. The number of nitrogens with zero attached hydrogens (tertiary/aromatic N) is 1. The summed E-state index contributed by atoms with van der Waals surface area (Å²) < 4.78 is 28.7. The molecule has 0 radical (unpaired) electrons. The van der Waals surface area contributed by atoms with Crippen molar-refractivity contribution in [3.63, 3.8) is 0 Å². The molecular formula is C22H19F2N3O5. The van der Waals surface area contributed by atoms with Crippen LogP contribution in [0.3, 0.4) is 0 Å². The highest BCUT2D eigenvalue weighted by Crippen LogP contribution is 2.30. The van der Waals surface area contributed by atoms with E-state index in [2.05, 4.69) is 10.6 Å². The molecular weight excluding hydrogens is 424 g/mol. The molecule has 0 saturated carbocycles. The first-order valence-corrected chi connectivity index (χ1v) is 9.89. The number of carbonyl (C=O) groups excluding carboxylic acids is 4. The van der Waals surface area contributed by atoms with Crippen LogP contribution in [0.15, 0.2) is 42.5 Å². The Bertz CT molecular complexity index is 1120. The molecule has 1 saturated heterocycles. The van der Waals surface area contributed by atoms with E-state index in [1.165, 1.54) is 11.0 Å². The summed E-state index contributed by atoms with van der Waals surface area (Å²) in [5.74, 6) is -6.72. The number of benzene rings is 2. The number of phenolic OH excluding ortho intramolecular Hbond substituents is 1. The van der Waals surface area contributed by atoms with Crippen LogP contribution in [-0.2, 0) is 33.4 Å². The number of fused-ring (bicyclic) bond motifs is 1. The molecule has 0 bridgehead atoms. The summed E-state index contributed by atoms with van der Waals surface area (Å²) >= 11 is 0. The van der Waals surface area contributed by atoms with Crippen molar-refractivity contribution in [2.45, 2.75) is 37.9 Å². The normalized spacial score (nSPS) is 18.4. The average Bonchev–Trinajstić information content (AvgIpc) is 3.08. The molecule has 0 aliphatic carbocycles. The summed E-state index contributed by atoms with van der Waals surface area (Å²) in [7, 11) is 0. The number of hydrogen-bond donors (Lipinski definition) is 3. The first-order chi connectivity index (χ1) is 15.2. The molecule has 2 aliphatic heterocycles. The van der Waals surface area contributed by atoms with Crippen molar-refractivity contribution in [2.24, 2.45) is 0 Å². The van der Waals surface area contributed by atoms with E-state index in [0.29, 0.717) is 16.7 Å². The summed E-state index contributed by atoms with van der Waals surface area (Å²) in [6, 6.07) is 8.04. The van der Waals surface area contributed by atoms with Gasteiger partial charge in [-0.15, -0.1) is 0 Å². The van der Waals surface area contributed by atoms with Crippen LogP contribution in [0.25, 0.3) is 0 Å². The van der Waals surface area contributed by atoms with Crippen LogP contribution in [0, 0.1) is 0 Å². The van der Waals surface area contributed by atoms with E-state index in [-0.39, 0.29) is 43.5 Å². The summed E-state index contributed by atoms with van der Waals surface area (Å²) in [5, 5.41) is 13.6. The number of hydrogen-bond acceptors (Lipinski definition) is 5. The number of halogens is 2. The lowest BCUT2D eigenvalue weighted by Crippen LogP contribution is -2.52. The summed E-state index contributed by atoms with van der Waals surface area (Å²) in [5.41, 5.74) is 0.958. The van der Waals surface area contributed by atoms with Gasteiger partial charge in [-0.05, 0) is 47.9 Å². The van der Waals surface area contributed by atoms with Gasteiger partial charge in [0.2, 0.25) is 11.8 Å². The molecule has 8 nitrogen and oxygen atoms in total. The third-order valence-corrected chi connectivity index (χ3v) is 5.56. The molecule has 1 fully saturated rings. The second-order valence-electron chi connectivity index (χ2n) is 7.70. The lowest BCUT2D eigenvalue weighted by molar-refractivity contribution is -0.147. The predicted octanol–water partition coefficient (Wildman–Crippen LogP) is 1.56. The Morgan fingerprint density at radius 2 is 1.88 bits per heavy atom. The minimum absolute atomic E-state index is 0.142. The fourth-order valence-electron chi connectivity index (χ4n) is 3.83. The maximum atomic E-state index is 14.4. The van der Waals surface area contributed by atoms with Crippen molar-refractivity contribution >= 4 is 23.6 Å². The molecule has 2 aromatic carbocycles. The molecule has 3 N–H and O–H groups in total. The van der Waals surface area contributed by atoms with Crippen LogP contribution < -0.4 is 10.6 Å². The highest BCUT2D eigenvalue weighted by atomic mass is 19.3. The quantitative estimate of drug-likeness (QED) is 0.607. The van der Waals surface area contributed by atoms with Gasteiger partial charge in [-0.2, -0.15) is 8.78 Å². The van der Waals surface area contributed by atoms with Gasteiger partial charge < -0.3 is 15.3 Å². The molecule has 0 spiro atoms. The molecule has 0 aromatic heterocycles. The molecule has 2 heterocycles. The molecule has 4 amide bonds. The van der Waals surface area contributed by atoms with Gasteiger partial charge in [-0.1, -0.05) is 12.1 Å². The molecule has 4 rings (SSSR count). The maximum Gasteiger partial charge on any atom is 0.349 e. The highest BCUT2D eigenvalue weighted by Gasteiger charge is 2.41. The standard InChI is InChI=1S/C22H19F2N3O5/c23-22(24,14-2-4-15(28)5-3-14)21(32)25-10-12-1-6-16-13(9-12)11-27(20(16)31)17-7-8-18(29)26-19(17)30/h1-6,9,17,28H,7-8,10-11H2,(H,25,32)(H,26,29,30). The molecule has 1 atom stereocenters. The second-order valence-corrected chi connectivity index (χ2v) is 7.70. The zero-order valence-corrected chi connectivity index (χ0v) is 16.7. The zero-order chi connectivity index (χ0) is 23.0. The van der Waals surface area contributed by atoms with Gasteiger partial charge in [0.25, 0.3) is 11.8 Å². The Balaban J connectivity index is 1.43. The van der Waals surface area contributed by atoms with Crippen molar-refractivity contribution < 1.29 is 33.1 Å². The minimum atomic E-state index is -3.79. The zero-order valence-electron chi connectivity index (χ0n) is 16.7. The Kier molecular flexibility index (Phi) is 5.37. The number of rotatable bonds is 5. The van der Waals surface area contributed by atoms with Crippen LogP contribution in [0.2, 0.25) is 0 Å². The third-order valence-electron chi connectivity index (χ3n) is 5.56. The van der Waals surface area contributed by atoms with Gasteiger partial charge in [0.1, 0.15) is 11.8 Å². The van der Waals surface area contributed by atoms with Crippen LogP contribution in [-0.4, -0.2) is 39.7 Å². The van der Waals surface area contributed by atoms with Gasteiger partial charge in [0.15, 0.2) is 0 Å². The lowest BCUT2D eigenvalue weighted by atomic mass is 10.0. The summed E-state index contributed by atoms with van der Waals surface area (Å²) in [4.78, 5) is 49.6. The molecule has 2 aliphatic rings.